The summed E-state index contributed by atoms with van der Waals surface area (Å²) in [5.74, 6) is -0.909. The third kappa shape index (κ3) is 14.3. The maximum Gasteiger partial charge on any atom is 0.331 e. The SMILES string of the molecule is CCCC[C@H](O)C=C(C)C=CC=C(C)C=C(C)C=C(C(=O)O)[C@H]1CCCC(=O)O[C@@H](C(C)C)CC=CC[C@@H]1C. The zero-order valence-electron chi connectivity index (χ0n) is 25.3. The minimum absolute atomic E-state index is 0.120. The highest BCUT2D eigenvalue weighted by Gasteiger charge is 2.27. The van der Waals surface area contributed by atoms with E-state index < -0.39 is 12.1 Å². The first-order valence-electron chi connectivity index (χ1n) is 14.6. The quantitative estimate of drug-likeness (QED) is 0.119. The predicted molar refractivity (Wildman–Crippen MR) is 161 cm³/mol. The zero-order chi connectivity index (χ0) is 29.4. The lowest BCUT2D eigenvalue weighted by Crippen LogP contribution is -2.24. The van der Waals surface area contributed by atoms with Crippen LogP contribution in [0, 0.1) is 17.8 Å². The summed E-state index contributed by atoms with van der Waals surface area (Å²) >= 11 is 0. The average molecular weight is 541 g/mol. The van der Waals surface area contributed by atoms with Crippen LogP contribution in [0.2, 0.25) is 0 Å². The molecule has 0 bridgehead atoms. The summed E-state index contributed by atoms with van der Waals surface area (Å²) < 4.78 is 5.69. The number of unbranched alkanes of at least 4 members (excludes halogenated alkanes) is 1. The Kier molecular flexibility index (Phi) is 16.4. The molecule has 0 saturated carbocycles. The van der Waals surface area contributed by atoms with Gasteiger partial charge in [0, 0.05) is 18.4 Å². The Bertz CT molecular complexity index is 960. The van der Waals surface area contributed by atoms with Gasteiger partial charge in [0.25, 0.3) is 0 Å². The largest absolute Gasteiger partial charge is 0.478 e. The van der Waals surface area contributed by atoms with E-state index in [0.29, 0.717) is 31.3 Å². The van der Waals surface area contributed by atoms with Crippen LogP contribution >= 0.6 is 0 Å². The first-order valence-corrected chi connectivity index (χ1v) is 14.6. The van der Waals surface area contributed by atoms with Gasteiger partial charge in [-0.25, -0.2) is 4.79 Å². The number of carbonyl (C=O) groups excluding carboxylic acids is 1. The summed E-state index contributed by atoms with van der Waals surface area (Å²) in [4.78, 5) is 24.8. The number of allylic oxidation sites excluding steroid dienone is 9. The Morgan fingerprint density at radius 1 is 1.10 bits per heavy atom. The Morgan fingerprint density at radius 3 is 2.44 bits per heavy atom. The van der Waals surface area contributed by atoms with E-state index in [1.54, 1.807) is 6.08 Å². The Balaban J connectivity index is 3.07. The number of hydrogen-bond donors (Lipinski definition) is 2. The maximum absolute atomic E-state index is 12.4. The Morgan fingerprint density at radius 2 is 1.79 bits per heavy atom. The van der Waals surface area contributed by atoms with Gasteiger partial charge in [-0.05, 0) is 70.3 Å². The second-order valence-corrected chi connectivity index (χ2v) is 11.4. The van der Waals surface area contributed by atoms with Gasteiger partial charge in [-0.1, -0.05) is 99.8 Å². The summed E-state index contributed by atoms with van der Waals surface area (Å²) in [6.45, 7) is 14.2. The average Bonchev–Trinajstić information content (AvgIpc) is 2.84. The molecule has 0 radical (unpaired) electrons. The van der Waals surface area contributed by atoms with Crippen LogP contribution in [0.25, 0.3) is 0 Å². The molecule has 1 rings (SSSR count). The van der Waals surface area contributed by atoms with Crippen LogP contribution in [-0.2, 0) is 14.3 Å². The van der Waals surface area contributed by atoms with Crippen LogP contribution < -0.4 is 0 Å². The topological polar surface area (TPSA) is 83.8 Å². The molecule has 1 heterocycles. The van der Waals surface area contributed by atoms with E-state index in [1.807, 2.05) is 51.2 Å². The molecular formula is C34H52O5. The van der Waals surface area contributed by atoms with Crippen LogP contribution in [0.15, 0.2) is 70.9 Å². The summed E-state index contributed by atoms with van der Waals surface area (Å²) in [6, 6.07) is 0. The van der Waals surface area contributed by atoms with Gasteiger partial charge in [0.1, 0.15) is 6.10 Å². The van der Waals surface area contributed by atoms with Crippen molar-refractivity contribution in [1.82, 2.24) is 0 Å². The minimum atomic E-state index is -0.915. The molecule has 1 aliphatic rings. The molecule has 0 fully saturated rings. The van der Waals surface area contributed by atoms with Crippen molar-refractivity contribution in [2.24, 2.45) is 17.8 Å². The van der Waals surface area contributed by atoms with Gasteiger partial charge in [0.2, 0.25) is 0 Å². The lowest BCUT2D eigenvalue weighted by Gasteiger charge is -2.26. The standard InChI is InChI=1S/C34H52O5/c1-8-9-17-29(35)22-26(5)15-12-14-25(4)21-27(6)23-31(34(37)38)30-18-13-20-33(36)39-32(24(2)3)19-11-10-16-28(30)7/h10-12,14-15,21-24,28-30,32,35H,8-9,13,16-20H2,1-7H3,(H,37,38)/t28-,29-,30-,32+/m0/s1. The molecule has 0 aromatic rings. The highest BCUT2D eigenvalue weighted by atomic mass is 16.5. The third-order valence-electron chi connectivity index (χ3n) is 7.16. The number of hydrogen-bond acceptors (Lipinski definition) is 4. The molecule has 218 valence electrons. The molecule has 4 atom stereocenters. The van der Waals surface area contributed by atoms with Crippen molar-refractivity contribution in [3.05, 3.63) is 70.9 Å². The molecule has 0 amide bonds. The van der Waals surface area contributed by atoms with Crippen LogP contribution in [0.4, 0.5) is 0 Å². The van der Waals surface area contributed by atoms with E-state index in [9.17, 15) is 19.8 Å². The van der Waals surface area contributed by atoms with Gasteiger partial charge >= 0.3 is 11.9 Å². The van der Waals surface area contributed by atoms with Crippen molar-refractivity contribution >= 4 is 11.9 Å². The summed E-state index contributed by atoms with van der Waals surface area (Å²) in [6.07, 6.45) is 21.0. The number of carbonyl (C=O) groups is 2. The molecule has 0 aromatic heterocycles. The van der Waals surface area contributed by atoms with Crippen molar-refractivity contribution in [3.8, 4) is 0 Å². The molecule has 39 heavy (non-hydrogen) atoms. The number of rotatable bonds is 11. The fraction of sp³-hybridized carbons (Fsp3) is 0.588. The maximum atomic E-state index is 12.4. The fourth-order valence-electron chi connectivity index (χ4n) is 4.83. The number of cyclic esters (lactones) is 1. The Hall–Kier alpha value is -2.66. The molecule has 0 aromatic carbocycles. The molecular weight excluding hydrogens is 488 g/mol. The van der Waals surface area contributed by atoms with Crippen molar-refractivity contribution in [2.45, 2.75) is 112 Å². The molecule has 0 saturated heterocycles. The molecule has 1 aliphatic heterocycles. The van der Waals surface area contributed by atoms with Gasteiger partial charge in [-0.15, -0.1) is 0 Å². The first-order chi connectivity index (χ1) is 18.4. The monoisotopic (exact) mass is 540 g/mol. The van der Waals surface area contributed by atoms with E-state index in [1.165, 1.54) is 0 Å². The van der Waals surface area contributed by atoms with Crippen LogP contribution in [0.1, 0.15) is 99.8 Å². The second kappa shape index (κ2) is 18.6. The number of aliphatic hydroxyl groups excluding tert-OH is 1. The third-order valence-corrected chi connectivity index (χ3v) is 7.16. The highest BCUT2D eigenvalue weighted by Crippen LogP contribution is 2.31. The van der Waals surface area contributed by atoms with Gasteiger partial charge in [0.05, 0.1) is 6.10 Å². The number of aliphatic hydroxyl groups is 1. The number of ether oxygens (including phenoxy) is 1. The molecule has 0 unspecified atom stereocenters. The van der Waals surface area contributed by atoms with Gasteiger partial charge in [-0.3, -0.25) is 4.79 Å². The van der Waals surface area contributed by atoms with Crippen molar-refractivity contribution in [3.63, 3.8) is 0 Å². The molecule has 0 spiro atoms. The number of carboxylic acid groups (broad SMARTS) is 1. The number of esters is 1. The van der Waals surface area contributed by atoms with Crippen LogP contribution in [0.3, 0.4) is 0 Å². The van der Waals surface area contributed by atoms with E-state index >= 15 is 0 Å². The van der Waals surface area contributed by atoms with Crippen molar-refractivity contribution in [1.29, 1.82) is 0 Å². The summed E-state index contributed by atoms with van der Waals surface area (Å²) in [5, 5.41) is 20.2. The normalized spacial score (nSPS) is 23.9. The fourth-order valence-corrected chi connectivity index (χ4v) is 4.83. The zero-order valence-corrected chi connectivity index (χ0v) is 25.3. The molecule has 5 nitrogen and oxygen atoms in total. The number of carboxylic acids is 1. The van der Waals surface area contributed by atoms with Crippen LogP contribution in [0.5, 0.6) is 0 Å². The van der Waals surface area contributed by atoms with Gasteiger partial charge in [-0.2, -0.15) is 0 Å². The minimum Gasteiger partial charge on any atom is -0.478 e. The highest BCUT2D eigenvalue weighted by molar-refractivity contribution is 5.88. The van der Waals surface area contributed by atoms with E-state index in [4.69, 9.17) is 4.74 Å². The molecule has 5 heteroatoms. The lowest BCUT2D eigenvalue weighted by atomic mass is 9.80. The second-order valence-electron chi connectivity index (χ2n) is 11.4. The molecule has 2 N–H and O–H groups in total. The lowest BCUT2D eigenvalue weighted by molar-refractivity contribution is -0.151. The van der Waals surface area contributed by atoms with Gasteiger partial charge in [0.15, 0.2) is 0 Å². The predicted octanol–water partition coefficient (Wildman–Crippen LogP) is 8.28. The van der Waals surface area contributed by atoms with Gasteiger partial charge < -0.3 is 14.9 Å². The Labute approximate surface area is 237 Å². The smallest absolute Gasteiger partial charge is 0.331 e. The van der Waals surface area contributed by atoms with Crippen LogP contribution in [-0.4, -0.2) is 34.4 Å². The van der Waals surface area contributed by atoms with E-state index in [-0.39, 0.29) is 29.8 Å². The number of aliphatic carboxylic acids is 1. The first kappa shape index (κ1) is 34.4. The summed E-state index contributed by atoms with van der Waals surface area (Å²) in [7, 11) is 0. The molecule has 0 aliphatic carbocycles. The summed E-state index contributed by atoms with van der Waals surface area (Å²) in [5.41, 5.74) is 3.26. The van der Waals surface area contributed by atoms with Crippen molar-refractivity contribution < 1.29 is 24.5 Å². The van der Waals surface area contributed by atoms with E-state index in [2.05, 4.69) is 39.8 Å². The van der Waals surface area contributed by atoms with Crippen molar-refractivity contribution in [2.75, 3.05) is 0 Å². The van der Waals surface area contributed by atoms with E-state index in [0.717, 1.165) is 42.4 Å².